The van der Waals surface area contributed by atoms with Crippen LogP contribution >= 0.6 is 0 Å². The summed E-state index contributed by atoms with van der Waals surface area (Å²) in [6, 6.07) is 20.5. The molecule has 4 rings (SSSR count). The number of hydrogen-bond donors (Lipinski definition) is 1. The van der Waals surface area contributed by atoms with Gasteiger partial charge in [-0.05, 0) is 54.8 Å². The number of para-hydroxylation sites is 2. The fraction of sp³-hybridized carbons (Fsp3) is 0.167. The maximum absolute atomic E-state index is 12.3. The predicted octanol–water partition coefficient (Wildman–Crippen LogP) is 3.89. The summed E-state index contributed by atoms with van der Waals surface area (Å²) >= 11 is 0. The minimum absolute atomic E-state index is 0.348. The Balaban J connectivity index is 1.34. The molecule has 0 saturated carbocycles. The van der Waals surface area contributed by atoms with Gasteiger partial charge < -0.3 is 10.1 Å². The fourth-order valence-corrected chi connectivity index (χ4v) is 3.35. The molecule has 3 aromatic carbocycles. The van der Waals surface area contributed by atoms with Crippen LogP contribution in [0.3, 0.4) is 0 Å². The van der Waals surface area contributed by atoms with Crippen molar-refractivity contribution in [3.63, 3.8) is 0 Å². The summed E-state index contributed by atoms with van der Waals surface area (Å²) in [5.41, 5.74) is 5.79. The van der Waals surface area contributed by atoms with Crippen molar-refractivity contribution in [3.8, 4) is 0 Å². The van der Waals surface area contributed by atoms with Crippen molar-refractivity contribution in [2.75, 3.05) is 11.9 Å². The SMILES string of the molecule is Cc1cccc(C)c1NC(=O)COC(=O)c1ccc(Cn2nnc3ccccc32)cc1. The molecule has 156 valence electrons. The van der Waals surface area contributed by atoms with E-state index in [0.29, 0.717) is 12.1 Å². The van der Waals surface area contributed by atoms with Gasteiger partial charge in [-0.3, -0.25) is 4.79 Å². The molecule has 0 spiro atoms. The summed E-state index contributed by atoms with van der Waals surface area (Å²) in [6.45, 7) is 4.02. The molecule has 0 fully saturated rings. The highest BCUT2D eigenvalue weighted by Gasteiger charge is 2.12. The molecule has 0 atom stereocenters. The number of fused-ring (bicyclic) bond motifs is 1. The van der Waals surface area contributed by atoms with Gasteiger partial charge in [0.15, 0.2) is 6.61 Å². The molecular weight excluding hydrogens is 392 g/mol. The lowest BCUT2D eigenvalue weighted by Gasteiger charge is -2.11. The zero-order valence-corrected chi connectivity index (χ0v) is 17.3. The number of rotatable bonds is 6. The number of anilines is 1. The zero-order valence-electron chi connectivity index (χ0n) is 17.3. The Morgan fingerprint density at radius 3 is 2.39 bits per heavy atom. The molecule has 1 N–H and O–H groups in total. The molecule has 0 radical (unpaired) electrons. The Morgan fingerprint density at radius 2 is 1.65 bits per heavy atom. The molecule has 0 aliphatic rings. The van der Waals surface area contributed by atoms with Crippen LogP contribution < -0.4 is 5.32 Å². The molecule has 1 aromatic heterocycles. The molecule has 1 amide bonds. The summed E-state index contributed by atoms with van der Waals surface area (Å²) in [4.78, 5) is 24.5. The van der Waals surface area contributed by atoms with Crippen LogP contribution in [0, 0.1) is 13.8 Å². The molecule has 7 heteroatoms. The highest BCUT2D eigenvalue weighted by atomic mass is 16.5. The first-order valence-electron chi connectivity index (χ1n) is 9.91. The maximum Gasteiger partial charge on any atom is 0.338 e. The first-order chi connectivity index (χ1) is 15.0. The van der Waals surface area contributed by atoms with Crippen molar-refractivity contribution in [2.24, 2.45) is 0 Å². The van der Waals surface area contributed by atoms with E-state index in [1.807, 2.05) is 68.4 Å². The van der Waals surface area contributed by atoms with E-state index in [-0.39, 0.29) is 12.5 Å². The van der Waals surface area contributed by atoms with Crippen molar-refractivity contribution in [2.45, 2.75) is 20.4 Å². The molecule has 1 heterocycles. The number of nitrogens with one attached hydrogen (secondary N) is 1. The molecule has 7 nitrogen and oxygen atoms in total. The van der Waals surface area contributed by atoms with Crippen molar-refractivity contribution in [3.05, 3.63) is 89.0 Å². The van der Waals surface area contributed by atoms with Crippen molar-refractivity contribution in [1.82, 2.24) is 15.0 Å². The van der Waals surface area contributed by atoms with Gasteiger partial charge in [0.1, 0.15) is 5.52 Å². The monoisotopic (exact) mass is 414 g/mol. The maximum atomic E-state index is 12.3. The third-order valence-corrected chi connectivity index (χ3v) is 5.02. The Kier molecular flexibility index (Phi) is 5.75. The molecule has 0 aliphatic heterocycles. The van der Waals surface area contributed by atoms with Gasteiger partial charge in [0.05, 0.1) is 17.6 Å². The van der Waals surface area contributed by atoms with Gasteiger partial charge in [0.25, 0.3) is 5.91 Å². The molecular formula is C24H22N4O3. The zero-order chi connectivity index (χ0) is 21.8. The second-order valence-corrected chi connectivity index (χ2v) is 7.32. The van der Waals surface area contributed by atoms with Crippen molar-refractivity contribution in [1.29, 1.82) is 0 Å². The number of esters is 1. The predicted molar refractivity (Wildman–Crippen MR) is 118 cm³/mol. The van der Waals surface area contributed by atoms with Crippen molar-refractivity contribution < 1.29 is 14.3 Å². The molecule has 0 aliphatic carbocycles. The fourth-order valence-electron chi connectivity index (χ4n) is 3.35. The van der Waals surface area contributed by atoms with Crippen LogP contribution in [0.15, 0.2) is 66.7 Å². The summed E-state index contributed by atoms with van der Waals surface area (Å²) in [6.07, 6.45) is 0. The lowest BCUT2D eigenvalue weighted by Crippen LogP contribution is -2.21. The van der Waals surface area contributed by atoms with E-state index in [0.717, 1.165) is 33.4 Å². The summed E-state index contributed by atoms with van der Waals surface area (Å²) in [7, 11) is 0. The van der Waals surface area contributed by atoms with Crippen LogP contribution in [0.2, 0.25) is 0 Å². The van der Waals surface area contributed by atoms with Gasteiger partial charge in [-0.15, -0.1) is 5.10 Å². The standard InChI is InChI=1S/C24H22N4O3/c1-16-6-5-7-17(2)23(16)25-22(29)15-31-24(30)19-12-10-18(11-13-19)14-28-21-9-4-3-8-20(21)26-27-28/h3-13H,14-15H2,1-2H3,(H,25,29). The number of nitrogens with zero attached hydrogens (tertiary/aromatic N) is 3. The summed E-state index contributed by atoms with van der Waals surface area (Å²) in [5.74, 6) is -0.921. The third kappa shape index (κ3) is 4.61. The van der Waals surface area contributed by atoms with E-state index < -0.39 is 5.97 Å². The lowest BCUT2D eigenvalue weighted by molar-refractivity contribution is -0.119. The minimum Gasteiger partial charge on any atom is -0.452 e. The van der Waals surface area contributed by atoms with E-state index in [1.165, 1.54) is 0 Å². The minimum atomic E-state index is -0.547. The molecule has 0 bridgehead atoms. The Bertz CT molecular complexity index is 1230. The van der Waals surface area contributed by atoms with Gasteiger partial charge in [0, 0.05) is 5.69 Å². The largest absolute Gasteiger partial charge is 0.452 e. The van der Waals surface area contributed by atoms with E-state index in [1.54, 1.807) is 16.8 Å². The van der Waals surface area contributed by atoms with Gasteiger partial charge in [-0.2, -0.15) is 0 Å². The average Bonchev–Trinajstić information content (AvgIpc) is 3.18. The average molecular weight is 414 g/mol. The quantitative estimate of drug-likeness (QED) is 0.484. The number of benzene rings is 3. The highest BCUT2D eigenvalue weighted by Crippen LogP contribution is 2.19. The number of amides is 1. The van der Waals surface area contributed by atoms with Gasteiger partial charge >= 0.3 is 5.97 Å². The lowest BCUT2D eigenvalue weighted by atomic mass is 10.1. The van der Waals surface area contributed by atoms with Crippen molar-refractivity contribution >= 4 is 28.6 Å². The Hall–Kier alpha value is -4.00. The second-order valence-electron chi connectivity index (χ2n) is 7.32. The van der Waals surface area contributed by atoms with E-state index >= 15 is 0 Å². The number of aromatic nitrogens is 3. The highest BCUT2D eigenvalue weighted by molar-refractivity contribution is 5.96. The second kappa shape index (κ2) is 8.79. The van der Waals surface area contributed by atoms with E-state index in [2.05, 4.69) is 15.6 Å². The molecule has 0 unspecified atom stereocenters. The molecule has 31 heavy (non-hydrogen) atoms. The number of carbonyl (C=O) groups is 2. The number of aryl methyl sites for hydroxylation is 2. The van der Waals surface area contributed by atoms with Crippen LogP contribution in [0.25, 0.3) is 11.0 Å². The molecule has 0 saturated heterocycles. The molecule has 4 aromatic rings. The Labute approximate surface area is 179 Å². The first-order valence-corrected chi connectivity index (χ1v) is 9.91. The summed E-state index contributed by atoms with van der Waals surface area (Å²) < 4.78 is 6.97. The summed E-state index contributed by atoms with van der Waals surface area (Å²) in [5, 5.41) is 11.1. The third-order valence-electron chi connectivity index (χ3n) is 5.02. The van der Waals surface area contributed by atoms with Gasteiger partial charge in [-0.25, -0.2) is 9.48 Å². The van der Waals surface area contributed by atoms with Gasteiger partial charge in [-0.1, -0.05) is 47.7 Å². The van der Waals surface area contributed by atoms with E-state index in [4.69, 9.17) is 4.74 Å². The Morgan fingerprint density at radius 1 is 0.935 bits per heavy atom. The number of hydrogen-bond acceptors (Lipinski definition) is 5. The van der Waals surface area contributed by atoms with Crippen LogP contribution in [0.5, 0.6) is 0 Å². The number of carbonyl (C=O) groups excluding carboxylic acids is 2. The van der Waals surface area contributed by atoms with Crippen LogP contribution in [0.1, 0.15) is 27.0 Å². The van der Waals surface area contributed by atoms with Crippen LogP contribution in [-0.2, 0) is 16.1 Å². The normalized spacial score (nSPS) is 10.8. The smallest absolute Gasteiger partial charge is 0.338 e. The first kappa shape index (κ1) is 20.3. The van der Waals surface area contributed by atoms with Crippen LogP contribution in [-0.4, -0.2) is 33.5 Å². The number of ether oxygens (including phenoxy) is 1. The van der Waals surface area contributed by atoms with Crippen LogP contribution in [0.4, 0.5) is 5.69 Å². The van der Waals surface area contributed by atoms with Gasteiger partial charge in [0.2, 0.25) is 0 Å². The topological polar surface area (TPSA) is 86.1 Å². The van der Waals surface area contributed by atoms with E-state index in [9.17, 15) is 9.59 Å².